The number of para-hydroxylation sites is 1. The van der Waals surface area contributed by atoms with Crippen molar-refractivity contribution in [1.29, 1.82) is 0 Å². The van der Waals surface area contributed by atoms with Gasteiger partial charge in [-0.15, -0.1) is 0 Å². The molecule has 0 aliphatic heterocycles. The standard InChI is InChI=1S/C21H25ClN5O6PS/c1-13(2)35(29,30)17-9-7-6-8-15(17)24-19-14(22)12-23-21(27-19)25-16-10-11-18(26-20(16)31-3)34(28,32-4)33-5/h6-13H,1-5H3,(H2,23,24,25,27). The van der Waals surface area contributed by atoms with Gasteiger partial charge in [0, 0.05) is 14.2 Å². The van der Waals surface area contributed by atoms with E-state index in [9.17, 15) is 13.0 Å². The van der Waals surface area contributed by atoms with Gasteiger partial charge in [0.05, 0.1) is 29.1 Å². The normalized spacial score (nSPS) is 12.0. The van der Waals surface area contributed by atoms with E-state index in [1.54, 1.807) is 38.1 Å². The number of sulfone groups is 1. The molecule has 0 fully saturated rings. The summed E-state index contributed by atoms with van der Waals surface area (Å²) in [5.41, 5.74) is 0.754. The van der Waals surface area contributed by atoms with E-state index in [0.29, 0.717) is 11.4 Å². The van der Waals surface area contributed by atoms with Gasteiger partial charge in [-0.05, 0) is 38.1 Å². The number of halogens is 1. The number of rotatable bonds is 10. The lowest BCUT2D eigenvalue weighted by Crippen LogP contribution is -2.16. The van der Waals surface area contributed by atoms with Gasteiger partial charge in [-0.3, -0.25) is 4.57 Å². The van der Waals surface area contributed by atoms with Gasteiger partial charge in [0.2, 0.25) is 11.8 Å². The lowest BCUT2D eigenvalue weighted by Gasteiger charge is -2.16. The third-order valence-corrected chi connectivity index (χ3v) is 9.12. The summed E-state index contributed by atoms with van der Waals surface area (Å²) >= 11 is 6.28. The lowest BCUT2D eigenvalue weighted by molar-refractivity contribution is 0.286. The van der Waals surface area contributed by atoms with E-state index >= 15 is 0 Å². The van der Waals surface area contributed by atoms with Crippen molar-refractivity contribution in [3.05, 3.63) is 47.6 Å². The number of aromatic nitrogens is 3. The summed E-state index contributed by atoms with van der Waals surface area (Å²) in [5.74, 6) is 0.399. The molecule has 188 valence electrons. The van der Waals surface area contributed by atoms with Gasteiger partial charge in [-0.25, -0.2) is 18.4 Å². The predicted octanol–water partition coefficient (Wildman–Crippen LogP) is 4.31. The first-order valence-corrected chi connectivity index (χ1v) is 13.7. The molecule has 1 aromatic carbocycles. The van der Waals surface area contributed by atoms with E-state index in [0.717, 1.165) is 0 Å². The number of anilines is 4. The van der Waals surface area contributed by atoms with Gasteiger partial charge in [-0.2, -0.15) is 4.98 Å². The smallest absolute Gasteiger partial charge is 0.379 e. The van der Waals surface area contributed by atoms with Crippen molar-refractivity contribution in [3.63, 3.8) is 0 Å². The van der Waals surface area contributed by atoms with Crippen LogP contribution in [-0.4, -0.2) is 49.9 Å². The van der Waals surface area contributed by atoms with Crippen LogP contribution in [0.15, 0.2) is 47.5 Å². The average molecular weight is 542 g/mol. The van der Waals surface area contributed by atoms with Crippen LogP contribution in [0, 0.1) is 0 Å². The highest BCUT2D eigenvalue weighted by Crippen LogP contribution is 2.45. The van der Waals surface area contributed by atoms with Crippen LogP contribution in [0.3, 0.4) is 0 Å². The highest BCUT2D eigenvalue weighted by atomic mass is 35.5. The van der Waals surface area contributed by atoms with Crippen LogP contribution in [-0.2, 0) is 23.4 Å². The van der Waals surface area contributed by atoms with Crippen LogP contribution in [0.5, 0.6) is 5.88 Å². The molecule has 2 N–H and O–H groups in total. The molecule has 0 unspecified atom stereocenters. The van der Waals surface area contributed by atoms with Crippen molar-refractivity contribution in [2.24, 2.45) is 0 Å². The van der Waals surface area contributed by atoms with E-state index in [-0.39, 0.29) is 33.0 Å². The number of benzene rings is 1. The Kier molecular flexibility index (Phi) is 8.34. The van der Waals surface area contributed by atoms with Crippen LogP contribution in [0.2, 0.25) is 5.02 Å². The average Bonchev–Trinajstić information content (AvgIpc) is 2.85. The highest BCUT2D eigenvalue weighted by Gasteiger charge is 2.28. The summed E-state index contributed by atoms with van der Waals surface area (Å²) in [6.07, 6.45) is 1.36. The van der Waals surface area contributed by atoms with Crippen LogP contribution < -0.4 is 20.8 Å². The molecule has 0 radical (unpaired) electrons. The second-order valence-corrected chi connectivity index (χ2v) is 12.4. The minimum Gasteiger partial charge on any atom is -0.479 e. The summed E-state index contributed by atoms with van der Waals surface area (Å²) < 4.78 is 53.4. The summed E-state index contributed by atoms with van der Waals surface area (Å²) in [7, 11) is -3.24. The Morgan fingerprint density at radius 2 is 1.66 bits per heavy atom. The second-order valence-electron chi connectivity index (χ2n) is 7.32. The van der Waals surface area contributed by atoms with Crippen LogP contribution in [0.4, 0.5) is 23.1 Å². The quantitative estimate of drug-likeness (QED) is 0.354. The van der Waals surface area contributed by atoms with E-state index in [1.807, 2.05) is 0 Å². The van der Waals surface area contributed by atoms with Crippen molar-refractivity contribution in [2.75, 3.05) is 32.0 Å². The Balaban J connectivity index is 1.95. The van der Waals surface area contributed by atoms with E-state index in [4.69, 9.17) is 25.4 Å². The molecule has 2 aromatic heterocycles. The molecule has 0 amide bonds. The molecule has 0 bridgehead atoms. The van der Waals surface area contributed by atoms with Crippen molar-refractivity contribution in [3.8, 4) is 5.88 Å². The molecular formula is C21H25ClN5O6PS. The Morgan fingerprint density at radius 3 is 2.29 bits per heavy atom. The fourth-order valence-electron chi connectivity index (χ4n) is 2.93. The SMILES string of the molecule is COc1nc(P(=O)(OC)OC)ccc1Nc1ncc(Cl)c(Nc2ccccc2S(=O)(=O)C(C)C)n1. The molecule has 0 saturated heterocycles. The number of methoxy groups -OCH3 is 1. The number of nitrogens with one attached hydrogen (secondary N) is 2. The van der Waals surface area contributed by atoms with Gasteiger partial charge < -0.3 is 24.4 Å². The van der Waals surface area contributed by atoms with E-state index in [2.05, 4.69) is 25.6 Å². The molecule has 0 spiro atoms. The first kappa shape index (κ1) is 26.8. The van der Waals surface area contributed by atoms with Gasteiger partial charge in [-0.1, -0.05) is 23.7 Å². The molecule has 0 aliphatic rings. The van der Waals surface area contributed by atoms with Crippen LogP contribution in [0.1, 0.15) is 13.8 Å². The topological polar surface area (TPSA) is 142 Å². The fraction of sp³-hybridized carbons (Fsp3) is 0.286. The van der Waals surface area contributed by atoms with Gasteiger partial charge >= 0.3 is 7.60 Å². The molecule has 14 heteroatoms. The third kappa shape index (κ3) is 5.74. The van der Waals surface area contributed by atoms with E-state index < -0.39 is 22.7 Å². The van der Waals surface area contributed by atoms with Gasteiger partial charge in [0.15, 0.2) is 21.1 Å². The summed E-state index contributed by atoms with van der Waals surface area (Å²) in [6, 6.07) is 9.50. The third-order valence-electron chi connectivity index (χ3n) is 4.86. The molecule has 0 saturated carbocycles. The number of nitrogens with zero attached hydrogens (tertiary/aromatic N) is 3. The maximum atomic E-state index is 12.8. The monoisotopic (exact) mass is 541 g/mol. The van der Waals surface area contributed by atoms with Crippen molar-refractivity contribution in [2.45, 2.75) is 24.0 Å². The molecule has 3 rings (SSSR count). The highest BCUT2D eigenvalue weighted by molar-refractivity contribution is 7.92. The molecular weight excluding hydrogens is 517 g/mol. The minimum atomic E-state index is -3.58. The maximum absolute atomic E-state index is 12.8. The number of pyridine rings is 1. The fourth-order valence-corrected chi connectivity index (χ4v) is 5.26. The molecule has 0 aliphatic carbocycles. The molecule has 2 heterocycles. The zero-order valence-corrected chi connectivity index (χ0v) is 22.1. The minimum absolute atomic E-state index is 0.0623. The summed E-state index contributed by atoms with van der Waals surface area (Å²) in [4.78, 5) is 12.8. The van der Waals surface area contributed by atoms with Gasteiger partial charge in [0.25, 0.3) is 0 Å². The Labute approximate surface area is 208 Å². The molecule has 0 atom stereocenters. The number of hydrogen-bond acceptors (Lipinski definition) is 11. The zero-order valence-electron chi connectivity index (χ0n) is 19.6. The predicted molar refractivity (Wildman–Crippen MR) is 134 cm³/mol. The van der Waals surface area contributed by atoms with Crippen LogP contribution in [0.25, 0.3) is 0 Å². The first-order chi connectivity index (χ1) is 16.6. The van der Waals surface area contributed by atoms with Crippen molar-refractivity contribution in [1.82, 2.24) is 15.0 Å². The Hall–Kier alpha value is -2.76. The zero-order chi connectivity index (χ0) is 25.8. The van der Waals surface area contributed by atoms with Crippen molar-refractivity contribution >= 4 is 57.6 Å². The largest absolute Gasteiger partial charge is 0.479 e. The maximum Gasteiger partial charge on any atom is 0.379 e. The second kappa shape index (κ2) is 10.9. The Morgan fingerprint density at radius 1 is 0.971 bits per heavy atom. The van der Waals surface area contributed by atoms with Crippen LogP contribution >= 0.6 is 19.2 Å². The Bertz CT molecular complexity index is 1360. The van der Waals surface area contributed by atoms with Crippen molar-refractivity contribution < 1.29 is 26.8 Å². The first-order valence-electron chi connectivity index (χ1n) is 10.2. The summed E-state index contributed by atoms with van der Waals surface area (Å²) in [6.45, 7) is 3.22. The molecule has 3 aromatic rings. The lowest BCUT2D eigenvalue weighted by atomic mass is 10.3. The molecule has 35 heavy (non-hydrogen) atoms. The van der Waals surface area contributed by atoms with Gasteiger partial charge in [0.1, 0.15) is 10.7 Å². The number of hydrogen-bond donors (Lipinski definition) is 2. The number of ether oxygens (including phenoxy) is 1. The van der Waals surface area contributed by atoms with E-state index in [1.165, 1.54) is 39.7 Å². The molecule has 11 nitrogen and oxygen atoms in total. The summed E-state index contributed by atoms with van der Waals surface area (Å²) in [5, 5.41) is 5.50.